The number of nitrogens with zero attached hydrogens (tertiary/aromatic N) is 2. The number of carbonyl (C=O) groups excluding carboxylic acids is 1. The molecule has 1 heterocycles. The van der Waals surface area contributed by atoms with Gasteiger partial charge in [0.25, 0.3) is 0 Å². The van der Waals surface area contributed by atoms with Crippen molar-refractivity contribution in [2.45, 2.75) is 17.9 Å². The minimum atomic E-state index is -3.76. The number of amides is 1. The topological polar surface area (TPSA) is 69.7 Å². The lowest BCUT2D eigenvalue weighted by Gasteiger charge is -2.36. The fraction of sp³-hybridized carbons (Fsp3) is 0.261. The number of halogens is 1. The molecule has 0 spiro atoms. The zero-order valence-electron chi connectivity index (χ0n) is 17.2. The summed E-state index contributed by atoms with van der Waals surface area (Å²) >= 11 is 0. The molecule has 0 bridgehead atoms. The van der Waals surface area contributed by atoms with Crippen LogP contribution in [0, 0.1) is 5.82 Å². The maximum Gasteiger partial charge on any atom is 0.243 e. The smallest absolute Gasteiger partial charge is 0.243 e. The summed E-state index contributed by atoms with van der Waals surface area (Å²) in [4.78, 5) is 14.8. The average molecular weight is 442 g/mol. The predicted octanol–water partition coefficient (Wildman–Crippen LogP) is 3.31. The molecule has 3 aromatic carbocycles. The monoisotopic (exact) mass is 441 g/mol. The van der Waals surface area contributed by atoms with Crippen molar-refractivity contribution in [1.29, 1.82) is 0 Å². The molecule has 1 saturated heterocycles. The summed E-state index contributed by atoms with van der Waals surface area (Å²) < 4.78 is 40.4. The van der Waals surface area contributed by atoms with Gasteiger partial charge in [-0.15, -0.1) is 0 Å². The van der Waals surface area contributed by atoms with Gasteiger partial charge in [-0.2, -0.15) is 4.31 Å². The average Bonchev–Trinajstić information content (AvgIpc) is 2.79. The quantitative estimate of drug-likeness (QED) is 0.660. The Hall–Kier alpha value is -2.81. The van der Waals surface area contributed by atoms with Crippen LogP contribution in [-0.4, -0.2) is 55.8 Å². The van der Waals surface area contributed by atoms with Crippen molar-refractivity contribution in [2.24, 2.45) is 0 Å². The van der Waals surface area contributed by atoms with E-state index in [9.17, 15) is 17.6 Å². The molecule has 8 heteroatoms. The lowest BCUT2D eigenvalue weighted by atomic mass is 10.1. The van der Waals surface area contributed by atoms with Crippen LogP contribution >= 0.6 is 0 Å². The fourth-order valence-electron chi connectivity index (χ4n) is 3.85. The molecule has 162 valence electrons. The maximum atomic E-state index is 13.5. The van der Waals surface area contributed by atoms with Gasteiger partial charge < -0.3 is 5.32 Å². The summed E-state index contributed by atoms with van der Waals surface area (Å²) in [6.45, 7) is 3.13. The highest BCUT2D eigenvalue weighted by Crippen LogP contribution is 2.24. The molecule has 31 heavy (non-hydrogen) atoms. The van der Waals surface area contributed by atoms with Gasteiger partial charge in [-0.25, -0.2) is 12.8 Å². The first-order valence-corrected chi connectivity index (χ1v) is 11.6. The molecule has 0 radical (unpaired) electrons. The van der Waals surface area contributed by atoms with Crippen molar-refractivity contribution in [3.63, 3.8) is 0 Å². The summed E-state index contributed by atoms with van der Waals surface area (Å²) in [6.07, 6.45) is 0. The van der Waals surface area contributed by atoms with Gasteiger partial charge in [0.1, 0.15) is 5.82 Å². The molecule has 0 aromatic heterocycles. The van der Waals surface area contributed by atoms with Crippen molar-refractivity contribution in [3.8, 4) is 0 Å². The number of anilines is 1. The Morgan fingerprint density at radius 1 is 0.968 bits per heavy atom. The molecule has 6 nitrogen and oxygen atoms in total. The van der Waals surface area contributed by atoms with E-state index in [1.807, 2.05) is 54.3 Å². The summed E-state index contributed by atoms with van der Waals surface area (Å²) in [6, 6.07) is 18.2. The summed E-state index contributed by atoms with van der Waals surface area (Å²) in [5, 5.41) is 5.02. The number of hydrogen-bond donors (Lipinski definition) is 1. The molecule has 1 fully saturated rings. The number of benzene rings is 3. The molecule has 3 aromatic rings. The van der Waals surface area contributed by atoms with Gasteiger partial charge in [0, 0.05) is 37.3 Å². The van der Waals surface area contributed by atoms with E-state index < -0.39 is 21.9 Å². The second kappa shape index (κ2) is 8.74. The third-order valence-electron chi connectivity index (χ3n) is 5.68. The van der Waals surface area contributed by atoms with E-state index >= 15 is 0 Å². The number of rotatable bonds is 5. The van der Waals surface area contributed by atoms with Gasteiger partial charge in [-0.1, -0.05) is 42.5 Å². The van der Waals surface area contributed by atoms with E-state index in [-0.39, 0.29) is 23.9 Å². The van der Waals surface area contributed by atoms with E-state index in [4.69, 9.17) is 0 Å². The van der Waals surface area contributed by atoms with Crippen molar-refractivity contribution in [3.05, 3.63) is 72.5 Å². The van der Waals surface area contributed by atoms with Crippen molar-refractivity contribution < 1.29 is 17.6 Å². The Balaban J connectivity index is 1.41. The van der Waals surface area contributed by atoms with Gasteiger partial charge in [0.05, 0.1) is 10.9 Å². The Bertz CT molecular complexity index is 1200. The molecular weight excluding hydrogens is 417 g/mol. The van der Waals surface area contributed by atoms with Crippen LogP contribution < -0.4 is 5.32 Å². The Morgan fingerprint density at radius 3 is 2.39 bits per heavy atom. The van der Waals surface area contributed by atoms with E-state index in [1.165, 1.54) is 22.5 Å². The highest BCUT2D eigenvalue weighted by molar-refractivity contribution is 7.89. The lowest BCUT2D eigenvalue weighted by molar-refractivity contribution is -0.121. The van der Waals surface area contributed by atoms with E-state index in [1.54, 1.807) is 0 Å². The van der Waals surface area contributed by atoms with Gasteiger partial charge in [0.15, 0.2) is 0 Å². The molecule has 4 rings (SSSR count). The van der Waals surface area contributed by atoms with Crippen LogP contribution in [-0.2, 0) is 14.8 Å². The molecule has 1 amide bonds. The van der Waals surface area contributed by atoms with Gasteiger partial charge in [0.2, 0.25) is 15.9 Å². The highest BCUT2D eigenvalue weighted by atomic mass is 32.2. The summed E-state index contributed by atoms with van der Waals surface area (Å²) in [5.41, 5.74) is 0.752. The number of carbonyl (C=O) groups is 1. The lowest BCUT2D eigenvalue weighted by Crippen LogP contribution is -2.53. The molecular formula is C23H24FN3O3S. The second-order valence-corrected chi connectivity index (χ2v) is 9.53. The zero-order valence-corrected chi connectivity index (χ0v) is 18.0. The standard InChI is InChI=1S/C23H24FN3O3S/c1-17(23(28)25-22-11-4-7-18-6-2-3-10-21(18)22)26-12-14-27(15-13-26)31(29,30)20-9-5-8-19(24)16-20/h2-11,16-17H,12-15H2,1H3,(H,25,28). The van der Waals surface area contributed by atoms with Crippen LogP contribution in [0.1, 0.15) is 6.92 Å². The van der Waals surface area contributed by atoms with Crippen LogP contribution in [0.2, 0.25) is 0 Å². The molecule has 0 saturated carbocycles. The van der Waals surface area contributed by atoms with Crippen molar-refractivity contribution >= 4 is 32.4 Å². The SMILES string of the molecule is CC(C(=O)Nc1cccc2ccccc12)N1CCN(S(=O)(=O)c2cccc(F)c2)CC1. The number of sulfonamides is 1. The minimum absolute atomic E-state index is 0.0531. The Morgan fingerprint density at radius 2 is 1.65 bits per heavy atom. The van der Waals surface area contributed by atoms with E-state index in [0.717, 1.165) is 22.5 Å². The molecule has 1 unspecified atom stereocenters. The van der Waals surface area contributed by atoms with Crippen LogP contribution in [0.4, 0.5) is 10.1 Å². The first-order valence-electron chi connectivity index (χ1n) is 10.1. The van der Waals surface area contributed by atoms with Crippen LogP contribution in [0.15, 0.2) is 71.6 Å². The van der Waals surface area contributed by atoms with Gasteiger partial charge in [-0.05, 0) is 36.6 Å². The Labute approximate surface area is 181 Å². The van der Waals surface area contributed by atoms with Gasteiger partial charge >= 0.3 is 0 Å². The normalized spacial score (nSPS) is 16.8. The predicted molar refractivity (Wildman–Crippen MR) is 119 cm³/mol. The first-order chi connectivity index (χ1) is 14.9. The largest absolute Gasteiger partial charge is 0.324 e. The van der Waals surface area contributed by atoms with Gasteiger partial charge in [-0.3, -0.25) is 9.69 Å². The first kappa shape index (κ1) is 21.4. The highest BCUT2D eigenvalue weighted by Gasteiger charge is 2.32. The molecule has 1 aliphatic heterocycles. The zero-order chi connectivity index (χ0) is 22.0. The number of hydrogen-bond acceptors (Lipinski definition) is 4. The maximum absolute atomic E-state index is 13.5. The molecule has 0 aliphatic carbocycles. The number of fused-ring (bicyclic) bond motifs is 1. The third kappa shape index (κ3) is 4.46. The van der Waals surface area contributed by atoms with Crippen molar-refractivity contribution in [2.75, 3.05) is 31.5 Å². The second-order valence-electron chi connectivity index (χ2n) is 7.59. The van der Waals surface area contributed by atoms with Crippen molar-refractivity contribution in [1.82, 2.24) is 9.21 Å². The molecule has 1 N–H and O–H groups in total. The van der Waals surface area contributed by atoms with E-state index in [0.29, 0.717) is 13.1 Å². The third-order valence-corrected chi connectivity index (χ3v) is 7.58. The summed E-state index contributed by atoms with van der Waals surface area (Å²) in [5.74, 6) is -0.726. The van der Waals surface area contributed by atoms with Crippen LogP contribution in [0.3, 0.4) is 0 Å². The fourth-order valence-corrected chi connectivity index (χ4v) is 5.30. The Kier molecular flexibility index (Phi) is 6.04. The van der Waals surface area contributed by atoms with Crippen LogP contribution in [0.25, 0.3) is 10.8 Å². The van der Waals surface area contributed by atoms with Crippen LogP contribution in [0.5, 0.6) is 0 Å². The number of nitrogens with one attached hydrogen (secondary N) is 1. The summed E-state index contributed by atoms with van der Waals surface area (Å²) in [7, 11) is -3.76. The molecule has 1 aliphatic rings. The number of piperazine rings is 1. The minimum Gasteiger partial charge on any atom is -0.324 e. The molecule has 1 atom stereocenters. The van der Waals surface area contributed by atoms with E-state index in [2.05, 4.69) is 5.32 Å².